The van der Waals surface area contributed by atoms with E-state index in [1.54, 1.807) is 13.8 Å². The molecule has 3 rings (SSSR count). The van der Waals surface area contributed by atoms with E-state index in [4.69, 9.17) is 14.2 Å². The SMILES string of the molecule is COCC(NC(=O)C(C)NC(=O)CN1CCOCC1)C(=O)NC(Cc1ccccc1)C(=O)C1(C)CO1. The van der Waals surface area contributed by atoms with Gasteiger partial charge in [0.2, 0.25) is 17.7 Å². The first-order chi connectivity index (χ1) is 17.2. The molecular formula is C25H36N4O7. The van der Waals surface area contributed by atoms with Gasteiger partial charge >= 0.3 is 0 Å². The second kappa shape index (κ2) is 12.9. The molecule has 2 fully saturated rings. The van der Waals surface area contributed by atoms with Gasteiger partial charge in [-0.05, 0) is 25.8 Å². The van der Waals surface area contributed by atoms with Crippen LogP contribution in [0.3, 0.4) is 0 Å². The second-order valence-corrected chi connectivity index (χ2v) is 9.33. The van der Waals surface area contributed by atoms with E-state index in [1.807, 2.05) is 35.2 Å². The van der Waals surface area contributed by atoms with Crippen LogP contribution >= 0.6 is 0 Å². The second-order valence-electron chi connectivity index (χ2n) is 9.33. The average molecular weight is 505 g/mol. The van der Waals surface area contributed by atoms with Gasteiger partial charge in [0, 0.05) is 20.2 Å². The number of amides is 3. The van der Waals surface area contributed by atoms with Gasteiger partial charge in [0.25, 0.3) is 0 Å². The fourth-order valence-electron chi connectivity index (χ4n) is 3.91. The molecule has 2 saturated heterocycles. The summed E-state index contributed by atoms with van der Waals surface area (Å²) in [6.45, 7) is 6.02. The minimum Gasteiger partial charge on any atom is -0.382 e. The normalized spacial score (nSPS) is 22.1. The van der Waals surface area contributed by atoms with Crippen molar-refractivity contribution in [3.05, 3.63) is 35.9 Å². The molecule has 4 unspecified atom stereocenters. The molecule has 0 saturated carbocycles. The van der Waals surface area contributed by atoms with E-state index in [2.05, 4.69) is 16.0 Å². The molecule has 3 N–H and O–H groups in total. The molecule has 0 aliphatic carbocycles. The highest BCUT2D eigenvalue weighted by atomic mass is 16.6. The summed E-state index contributed by atoms with van der Waals surface area (Å²) in [4.78, 5) is 53.2. The third kappa shape index (κ3) is 8.09. The maximum Gasteiger partial charge on any atom is 0.245 e. The first kappa shape index (κ1) is 27.7. The molecular weight excluding hydrogens is 468 g/mol. The molecule has 1 aromatic carbocycles. The number of methoxy groups -OCH3 is 1. The lowest BCUT2D eigenvalue weighted by Crippen LogP contribution is -2.58. The van der Waals surface area contributed by atoms with Crippen molar-refractivity contribution in [3.63, 3.8) is 0 Å². The highest BCUT2D eigenvalue weighted by Gasteiger charge is 2.50. The van der Waals surface area contributed by atoms with Crippen LogP contribution in [0.2, 0.25) is 0 Å². The number of Topliss-reactive ketones (excluding diaryl/α,β-unsaturated/α-hetero) is 1. The summed E-state index contributed by atoms with van der Waals surface area (Å²) in [6.07, 6.45) is 0.284. The molecule has 11 heteroatoms. The van der Waals surface area contributed by atoms with E-state index in [0.29, 0.717) is 32.9 Å². The zero-order valence-corrected chi connectivity index (χ0v) is 21.1. The van der Waals surface area contributed by atoms with E-state index in [1.165, 1.54) is 7.11 Å². The monoisotopic (exact) mass is 504 g/mol. The molecule has 36 heavy (non-hydrogen) atoms. The van der Waals surface area contributed by atoms with Crippen LogP contribution in [0.5, 0.6) is 0 Å². The lowest BCUT2D eigenvalue weighted by atomic mass is 9.94. The number of nitrogens with zero attached hydrogens (tertiary/aromatic N) is 1. The number of carbonyl (C=O) groups is 4. The van der Waals surface area contributed by atoms with Crippen LogP contribution in [-0.4, -0.2) is 105 Å². The Labute approximate surface area is 211 Å². The fraction of sp³-hybridized carbons (Fsp3) is 0.600. The highest BCUT2D eigenvalue weighted by Crippen LogP contribution is 2.29. The number of ketones is 1. The Bertz CT molecular complexity index is 916. The zero-order chi connectivity index (χ0) is 26.1. The maximum atomic E-state index is 13.1. The number of nitrogens with one attached hydrogen (secondary N) is 3. The van der Waals surface area contributed by atoms with Crippen molar-refractivity contribution >= 4 is 23.5 Å². The highest BCUT2D eigenvalue weighted by molar-refractivity contribution is 5.98. The molecule has 0 spiro atoms. The summed E-state index contributed by atoms with van der Waals surface area (Å²) < 4.78 is 15.7. The van der Waals surface area contributed by atoms with E-state index in [0.717, 1.165) is 5.56 Å². The van der Waals surface area contributed by atoms with Gasteiger partial charge in [-0.2, -0.15) is 0 Å². The van der Waals surface area contributed by atoms with Gasteiger partial charge in [-0.3, -0.25) is 24.1 Å². The van der Waals surface area contributed by atoms with Gasteiger partial charge < -0.3 is 30.2 Å². The van der Waals surface area contributed by atoms with Crippen molar-refractivity contribution in [1.82, 2.24) is 20.9 Å². The molecule has 11 nitrogen and oxygen atoms in total. The first-order valence-corrected chi connectivity index (χ1v) is 12.1. The van der Waals surface area contributed by atoms with Crippen molar-refractivity contribution in [3.8, 4) is 0 Å². The fourth-order valence-corrected chi connectivity index (χ4v) is 3.91. The lowest BCUT2D eigenvalue weighted by Gasteiger charge is -2.27. The average Bonchev–Trinajstić information content (AvgIpc) is 3.62. The molecule has 3 amide bonds. The Morgan fingerprint density at radius 2 is 1.67 bits per heavy atom. The van der Waals surface area contributed by atoms with Gasteiger partial charge in [0.1, 0.15) is 17.7 Å². The van der Waals surface area contributed by atoms with E-state index < -0.39 is 35.5 Å². The number of carbonyl (C=O) groups excluding carboxylic acids is 4. The minimum absolute atomic E-state index is 0.105. The van der Waals surface area contributed by atoms with Crippen LogP contribution < -0.4 is 16.0 Å². The van der Waals surface area contributed by atoms with Crippen LogP contribution in [-0.2, 0) is 39.8 Å². The molecule has 0 radical (unpaired) electrons. The molecule has 1 aromatic rings. The Balaban J connectivity index is 1.58. The predicted molar refractivity (Wildman–Crippen MR) is 130 cm³/mol. The summed E-state index contributed by atoms with van der Waals surface area (Å²) in [7, 11) is 1.41. The number of rotatable bonds is 13. The van der Waals surface area contributed by atoms with E-state index in [9.17, 15) is 19.2 Å². The standard InChI is InChI=1S/C25H36N4O7/c1-17(26-21(30)14-29-9-11-35-12-10-29)23(32)28-20(15-34-3)24(33)27-19(22(31)25(2)16-36-25)13-18-7-5-4-6-8-18/h4-8,17,19-20H,9-16H2,1-3H3,(H,26,30)(H,27,33)(H,28,32). The molecule has 4 atom stereocenters. The van der Waals surface area contributed by atoms with Crippen molar-refractivity contribution < 1.29 is 33.4 Å². The van der Waals surface area contributed by atoms with Crippen molar-refractivity contribution in [2.75, 3.05) is 53.2 Å². The van der Waals surface area contributed by atoms with E-state index >= 15 is 0 Å². The molecule has 2 heterocycles. The number of morpholine rings is 1. The number of hydrogen-bond acceptors (Lipinski definition) is 8. The van der Waals surface area contributed by atoms with Crippen molar-refractivity contribution in [1.29, 1.82) is 0 Å². The first-order valence-electron chi connectivity index (χ1n) is 12.1. The molecule has 2 aliphatic rings. The Morgan fingerprint density at radius 3 is 2.28 bits per heavy atom. The quantitative estimate of drug-likeness (QED) is 0.292. The summed E-state index contributed by atoms with van der Waals surface area (Å²) in [5, 5.41) is 8.05. The van der Waals surface area contributed by atoms with Crippen molar-refractivity contribution in [2.45, 2.75) is 44.0 Å². The lowest BCUT2D eigenvalue weighted by molar-refractivity contribution is -0.135. The number of hydrogen-bond donors (Lipinski definition) is 3. The third-order valence-corrected chi connectivity index (χ3v) is 6.22. The minimum atomic E-state index is -1.06. The molecule has 0 aromatic heterocycles. The van der Waals surface area contributed by atoms with Crippen LogP contribution in [0.1, 0.15) is 19.4 Å². The predicted octanol–water partition coefficient (Wildman–Crippen LogP) is -0.960. The largest absolute Gasteiger partial charge is 0.382 e. The molecule has 198 valence electrons. The molecule has 2 aliphatic heterocycles. The van der Waals surface area contributed by atoms with Gasteiger partial charge in [-0.15, -0.1) is 0 Å². The summed E-state index contributed by atoms with van der Waals surface area (Å²) in [6, 6.07) is 6.57. The topological polar surface area (TPSA) is 139 Å². The summed E-state index contributed by atoms with van der Waals surface area (Å²) in [5.41, 5.74) is -0.0456. The Kier molecular flexibility index (Phi) is 9.94. The third-order valence-electron chi connectivity index (χ3n) is 6.22. The Hall–Kier alpha value is -2.86. The summed E-state index contributed by atoms with van der Waals surface area (Å²) in [5.74, 6) is -1.62. The van der Waals surface area contributed by atoms with Gasteiger partial charge in [-0.25, -0.2) is 0 Å². The van der Waals surface area contributed by atoms with Crippen molar-refractivity contribution in [2.24, 2.45) is 0 Å². The Morgan fingerprint density at radius 1 is 1.03 bits per heavy atom. The van der Waals surface area contributed by atoms with Gasteiger partial charge in [0.15, 0.2) is 5.78 Å². The smallest absolute Gasteiger partial charge is 0.245 e. The van der Waals surface area contributed by atoms with Crippen LogP contribution in [0, 0.1) is 0 Å². The van der Waals surface area contributed by atoms with Crippen LogP contribution in [0.15, 0.2) is 30.3 Å². The zero-order valence-electron chi connectivity index (χ0n) is 21.1. The number of epoxide rings is 1. The van der Waals surface area contributed by atoms with E-state index in [-0.39, 0.29) is 31.3 Å². The summed E-state index contributed by atoms with van der Waals surface area (Å²) >= 11 is 0. The van der Waals surface area contributed by atoms with Gasteiger partial charge in [0.05, 0.1) is 39.0 Å². The molecule has 0 bridgehead atoms. The van der Waals surface area contributed by atoms with Gasteiger partial charge in [-0.1, -0.05) is 30.3 Å². The number of benzene rings is 1. The number of ether oxygens (including phenoxy) is 3. The van der Waals surface area contributed by atoms with Crippen LogP contribution in [0.25, 0.3) is 0 Å². The maximum absolute atomic E-state index is 13.1. The van der Waals surface area contributed by atoms with Crippen LogP contribution in [0.4, 0.5) is 0 Å².